The van der Waals surface area contributed by atoms with Crippen molar-refractivity contribution in [3.05, 3.63) is 30.1 Å². The molecule has 6 heteroatoms. The number of piperidine rings is 1. The Hall–Kier alpha value is -0.460. The van der Waals surface area contributed by atoms with Crippen molar-refractivity contribution in [2.24, 2.45) is 0 Å². The summed E-state index contributed by atoms with van der Waals surface area (Å²) in [5.74, 6) is -0.422. The molecule has 0 aliphatic carbocycles. The molecule has 1 fully saturated rings. The predicted octanol–water partition coefficient (Wildman–Crippen LogP) is 3.15. The summed E-state index contributed by atoms with van der Waals surface area (Å²) < 4.78 is 39.6. The van der Waals surface area contributed by atoms with Gasteiger partial charge in [-0.1, -0.05) is 22.4 Å². The van der Waals surface area contributed by atoms with Crippen molar-refractivity contribution in [2.75, 3.05) is 11.9 Å². The van der Waals surface area contributed by atoms with Crippen molar-refractivity contribution in [3.63, 3.8) is 0 Å². The van der Waals surface area contributed by atoms with Crippen LogP contribution in [0.1, 0.15) is 25.7 Å². The van der Waals surface area contributed by atoms with E-state index in [9.17, 15) is 12.8 Å². The van der Waals surface area contributed by atoms with Gasteiger partial charge < -0.3 is 0 Å². The molecule has 0 saturated carbocycles. The second-order valence-electron chi connectivity index (χ2n) is 4.70. The van der Waals surface area contributed by atoms with Crippen LogP contribution >= 0.6 is 15.9 Å². The second kappa shape index (κ2) is 6.33. The molecular weight excluding hydrogens is 333 g/mol. The molecule has 106 valence electrons. The summed E-state index contributed by atoms with van der Waals surface area (Å²) in [6.45, 7) is 0.553. The first-order chi connectivity index (χ1) is 9.05. The number of nitrogens with zero attached hydrogens (tertiary/aromatic N) is 1. The summed E-state index contributed by atoms with van der Waals surface area (Å²) in [5, 5.41) is 0.785. The van der Waals surface area contributed by atoms with E-state index in [2.05, 4.69) is 15.9 Å². The van der Waals surface area contributed by atoms with Crippen molar-refractivity contribution >= 4 is 26.0 Å². The van der Waals surface area contributed by atoms with Crippen LogP contribution < -0.4 is 0 Å². The van der Waals surface area contributed by atoms with Gasteiger partial charge in [-0.3, -0.25) is 0 Å². The van der Waals surface area contributed by atoms with Gasteiger partial charge in [0.1, 0.15) is 5.82 Å². The molecule has 1 atom stereocenters. The maximum absolute atomic E-state index is 12.9. The number of sulfonamides is 1. The highest BCUT2D eigenvalue weighted by atomic mass is 79.9. The van der Waals surface area contributed by atoms with Gasteiger partial charge in [0.15, 0.2) is 0 Å². The molecule has 0 N–H and O–H groups in total. The van der Waals surface area contributed by atoms with E-state index in [1.165, 1.54) is 24.3 Å². The third-order valence-corrected chi connectivity index (χ3v) is 5.86. The number of rotatable bonds is 4. The Morgan fingerprint density at radius 3 is 2.58 bits per heavy atom. The van der Waals surface area contributed by atoms with Gasteiger partial charge in [0.05, 0.1) is 4.90 Å². The molecule has 1 unspecified atom stereocenters. The van der Waals surface area contributed by atoms with Crippen molar-refractivity contribution in [3.8, 4) is 0 Å². The third kappa shape index (κ3) is 3.35. The zero-order valence-electron chi connectivity index (χ0n) is 10.6. The summed E-state index contributed by atoms with van der Waals surface area (Å²) in [7, 11) is -3.50. The van der Waals surface area contributed by atoms with Gasteiger partial charge in [0, 0.05) is 17.9 Å². The zero-order valence-corrected chi connectivity index (χ0v) is 13.0. The molecule has 0 spiro atoms. The lowest BCUT2D eigenvalue weighted by Crippen LogP contribution is -2.43. The topological polar surface area (TPSA) is 37.4 Å². The maximum Gasteiger partial charge on any atom is 0.243 e. The van der Waals surface area contributed by atoms with E-state index in [0.717, 1.165) is 31.0 Å². The van der Waals surface area contributed by atoms with Crippen LogP contribution in [0.3, 0.4) is 0 Å². The van der Waals surface area contributed by atoms with E-state index in [-0.39, 0.29) is 10.9 Å². The maximum atomic E-state index is 12.9. The van der Waals surface area contributed by atoms with Crippen LogP contribution in [0.5, 0.6) is 0 Å². The van der Waals surface area contributed by atoms with Crippen LogP contribution in [0, 0.1) is 5.82 Å². The summed E-state index contributed by atoms with van der Waals surface area (Å²) in [5.41, 5.74) is 0. The van der Waals surface area contributed by atoms with E-state index >= 15 is 0 Å². The van der Waals surface area contributed by atoms with Gasteiger partial charge in [-0.2, -0.15) is 4.31 Å². The van der Waals surface area contributed by atoms with Crippen molar-refractivity contribution in [1.82, 2.24) is 4.31 Å². The lowest BCUT2D eigenvalue weighted by molar-refractivity contribution is 0.248. The summed E-state index contributed by atoms with van der Waals surface area (Å²) in [6.07, 6.45) is 3.65. The minimum absolute atomic E-state index is 0.0446. The molecular formula is C13H17BrFNO2S. The number of hydrogen-bond donors (Lipinski definition) is 0. The van der Waals surface area contributed by atoms with E-state index in [0.29, 0.717) is 6.54 Å². The van der Waals surface area contributed by atoms with Gasteiger partial charge in [-0.05, 0) is 43.5 Å². The Kier molecular flexibility index (Phi) is 4.97. The van der Waals surface area contributed by atoms with E-state index in [1.807, 2.05) is 0 Å². The number of alkyl halides is 1. The Bertz CT molecular complexity index is 516. The standard InChI is InChI=1S/C13H17BrFNO2S/c14-9-8-12-3-1-2-10-16(12)19(17,18)13-6-4-11(15)5-7-13/h4-7,12H,1-3,8-10H2. The molecule has 0 amide bonds. The average molecular weight is 350 g/mol. The van der Waals surface area contributed by atoms with Crippen LogP contribution in [0.15, 0.2) is 29.2 Å². The molecule has 1 aliphatic rings. The Balaban J connectivity index is 2.28. The molecule has 19 heavy (non-hydrogen) atoms. The van der Waals surface area contributed by atoms with Crippen molar-refractivity contribution < 1.29 is 12.8 Å². The number of halogens is 2. The van der Waals surface area contributed by atoms with Gasteiger partial charge in [0.2, 0.25) is 10.0 Å². The molecule has 1 saturated heterocycles. The van der Waals surface area contributed by atoms with Gasteiger partial charge in [-0.15, -0.1) is 0 Å². The minimum atomic E-state index is -3.50. The lowest BCUT2D eigenvalue weighted by Gasteiger charge is -2.34. The molecule has 1 heterocycles. The summed E-state index contributed by atoms with van der Waals surface area (Å²) in [6, 6.07) is 5.10. The van der Waals surface area contributed by atoms with Gasteiger partial charge in [0.25, 0.3) is 0 Å². The Morgan fingerprint density at radius 1 is 1.26 bits per heavy atom. The van der Waals surface area contributed by atoms with Gasteiger partial charge in [-0.25, -0.2) is 12.8 Å². The Morgan fingerprint density at radius 2 is 1.95 bits per heavy atom. The van der Waals surface area contributed by atoms with E-state index < -0.39 is 15.8 Å². The molecule has 1 aromatic rings. The van der Waals surface area contributed by atoms with E-state index in [4.69, 9.17) is 0 Å². The fraction of sp³-hybridized carbons (Fsp3) is 0.538. The van der Waals surface area contributed by atoms with Crippen molar-refractivity contribution in [1.29, 1.82) is 0 Å². The first-order valence-electron chi connectivity index (χ1n) is 6.39. The monoisotopic (exact) mass is 349 g/mol. The highest BCUT2D eigenvalue weighted by molar-refractivity contribution is 9.09. The SMILES string of the molecule is O=S(=O)(c1ccc(F)cc1)N1CCCCC1CCBr. The normalized spacial score (nSPS) is 21.5. The highest BCUT2D eigenvalue weighted by Crippen LogP contribution is 2.27. The molecule has 1 aromatic carbocycles. The van der Waals surface area contributed by atoms with Crippen LogP contribution in [0.4, 0.5) is 4.39 Å². The first kappa shape index (κ1) is 14.9. The summed E-state index contributed by atoms with van der Waals surface area (Å²) in [4.78, 5) is 0.176. The first-order valence-corrected chi connectivity index (χ1v) is 8.95. The quantitative estimate of drug-likeness (QED) is 0.783. The third-order valence-electron chi connectivity index (χ3n) is 3.44. The lowest BCUT2D eigenvalue weighted by atomic mass is 10.0. The van der Waals surface area contributed by atoms with Crippen LogP contribution in [0.25, 0.3) is 0 Å². The molecule has 0 bridgehead atoms. The number of benzene rings is 1. The smallest absolute Gasteiger partial charge is 0.207 e. The van der Waals surface area contributed by atoms with Crippen LogP contribution in [-0.4, -0.2) is 30.6 Å². The molecule has 0 aromatic heterocycles. The number of hydrogen-bond acceptors (Lipinski definition) is 2. The van der Waals surface area contributed by atoms with Crippen LogP contribution in [-0.2, 0) is 10.0 Å². The fourth-order valence-corrected chi connectivity index (χ4v) is 4.70. The summed E-state index contributed by atoms with van der Waals surface area (Å²) >= 11 is 3.37. The Labute approximate surface area is 122 Å². The molecule has 3 nitrogen and oxygen atoms in total. The highest BCUT2D eigenvalue weighted by Gasteiger charge is 2.32. The fourth-order valence-electron chi connectivity index (χ4n) is 2.45. The molecule has 0 radical (unpaired) electrons. The zero-order chi connectivity index (χ0) is 13.9. The minimum Gasteiger partial charge on any atom is -0.207 e. The van der Waals surface area contributed by atoms with Crippen molar-refractivity contribution in [2.45, 2.75) is 36.6 Å². The predicted molar refractivity (Wildman–Crippen MR) is 76.3 cm³/mol. The van der Waals surface area contributed by atoms with Gasteiger partial charge >= 0.3 is 0 Å². The molecule has 2 rings (SSSR count). The largest absolute Gasteiger partial charge is 0.243 e. The molecule has 1 aliphatic heterocycles. The average Bonchev–Trinajstić information content (AvgIpc) is 2.40. The van der Waals surface area contributed by atoms with E-state index in [1.54, 1.807) is 4.31 Å². The van der Waals surface area contributed by atoms with Crippen LogP contribution in [0.2, 0.25) is 0 Å². The second-order valence-corrected chi connectivity index (χ2v) is 7.38.